The molecular formula is C19H16Cl2N4O3S. The summed E-state index contributed by atoms with van der Waals surface area (Å²) in [6.45, 7) is 0.335. The quantitative estimate of drug-likeness (QED) is 0.581. The molecule has 0 saturated heterocycles. The van der Waals surface area contributed by atoms with Crippen molar-refractivity contribution in [2.45, 2.75) is 11.3 Å². The molecule has 1 aliphatic rings. The summed E-state index contributed by atoms with van der Waals surface area (Å²) in [5.74, 6) is 1.91. The molecule has 1 aromatic heterocycles. The van der Waals surface area contributed by atoms with Crippen molar-refractivity contribution < 1.29 is 14.3 Å². The van der Waals surface area contributed by atoms with Gasteiger partial charge in [-0.25, -0.2) is 0 Å². The van der Waals surface area contributed by atoms with Gasteiger partial charge in [0.1, 0.15) is 6.61 Å². The smallest absolute Gasteiger partial charge is 0.234 e. The van der Waals surface area contributed by atoms with Gasteiger partial charge < -0.3 is 19.4 Å². The number of rotatable bonds is 5. The zero-order valence-electron chi connectivity index (χ0n) is 15.3. The van der Waals surface area contributed by atoms with Crippen LogP contribution in [0.2, 0.25) is 10.0 Å². The third-order valence-corrected chi connectivity index (χ3v) is 6.06. The maximum absolute atomic E-state index is 12.3. The van der Waals surface area contributed by atoms with Crippen LogP contribution >= 0.6 is 35.0 Å². The standard InChI is InChI=1S/C19H16Cl2N4O3S/c1-25-18(15-9-27-13-7-2-3-8-14(13)28-15)23-24-19(25)29-10-16(26)22-12-6-4-5-11(20)17(12)21/h2-8,15H,9-10H2,1H3,(H,22,26). The highest BCUT2D eigenvalue weighted by Crippen LogP contribution is 2.36. The molecular weight excluding hydrogens is 435 g/mol. The van der Waals surface area contributed by atoms with E-state index in [1.165, 1.54) is 11.8 Å². The predicted molar refractivity (Wildman–Crippen MR) is 112 cm³/mol. The summed E-state index contributed by atoms with van der Waals surface area (Å²) in [5.41, 5.74) is 0.467. The van der Waals surface area contributed by atoms with Crippen molar-refractivity contribution in [2.75, 3.05) is 17.7 Å². The van der Waals surface area contributed by atoms with E-state index in [-0.39, 0.29) is 17.8 Å². The molecule has 0 aliphatic carbocycles. The fourth-order valence-corrected chi connectivity index (χ4v) is 3.86. The van der Waals surface area contributed by atoms with Gasteiger partial charge in [0, 0.05) is 7.05 Å². The Labute approximate surface area is 181 Å². The molecule has 1 amide bonds. The fraction of sp³-hybridized carbons (Fsp3) is 0.211. The van der Waals surface area contributed by atoms with Crippen LogP contribution in [-0.4, -0.2) is 33.0 Å². The van der Waals surface area contributed by atoms with E-state index in [0.29, 0.717) is 44.8 Å². The summed E-state index contributed by atoms with van der Waals surface area (Å²) in [4.78, 5) is 12.3. The SMILES string of the molecule is Cn1c(SCC(=O)Nc2cccc(Cl)c2Cl)nnc1C1COc2ccccc2O1. The first kappa shape index (κ1) is 19.9. The molecule has 2 aromatic carbocycles. The zero-order valence-corrected chi connectivity index (χ0v) is 17.6. The Hall–Kier alpha value is -2.42. The van der Waals surface area contributed by atoms with Gasteiger partial charge in [0.2, 0.25) is 5.91 Å². The van der Waals surface area contributed by atoms with Crippen LogP contribution in [0.4, 0.5) is 5.69 Å². The molecule has 3 aromatic rings. The van der Waals surface area contributed by atoms with Gasteiger partial charge in [-0.1, -0.05) is 53.2 Å². The number of hydrogen-bond donors (Lipinski definition) is 1. The third-order valence-electron chi connectivity index (χ3n) is 4.22. The molecule has 1 atom stereocenters. The Bertz CT molecular complexity index is 1060. The van der Waals surface area contributed by atoms with Crippen LogP contribution in [0, 0.1) is 0 Å². The summed E-state index contributed by atoms with van der Waals surface area (Å²) in [6.07, 6.45) is -0.379. The normalized spacial score (nSPS) is 15.2. The number of ether oxygens (including phenoxy) is 2. The molecule has 0 saturated carbocycles. The number of benzene rings is 2. The predicted octanol–water partition coefficient (Wildman–Crippen LogP) is 4.37. The van der Waals surface area contributed by atoms with Gasteiger partial charge in [0.05, 0.1) is 21.5 Å². The second kappa shape index (κ2) is 8.52. The largest absolute Gasteiger partial charge is 0.485 e. The molecule has 0 fully saturated rings. The van der Waals surface area contributed by atoms with Crippen molar-refractivity contribution in [1.29, 1.82) is 0 Å². The molecule has 10 heteroatoms. The topological polar surface area (TPSA) is 78.3 Å². The van der Waals surface area contributed by atoms with Crippen LogP contribution < -0.4 is 14.8 Å². The Morgan fingerprint density at radius 1 is 1.21 bits per heavy atom. The van der Waals surface area contributed by atoms with Gasteiger partial charge in [-0.05, 0) is 24.3 Å². The Morgan fingerprint density at radius 2 is 2.00 bits per heavy atom. The average molecular weight is 451 g/mol. The lowest BCUT2D eigenvalue weighted by molar-refractivity contribution is -0.113. The Balaban J connectivity index is 1.39. The number of thioether (sulfide) groups is 1. The molecule has 0 bridgehead atoms. The first-order chi connectivity index (χ1) is 14.0. The van der Waals surface area contributed by atoms with Crippen LogP contribution in [0.1, 0.15) is 11.9 Å². The van der Waals surface area contributed by atoms with Gasteiger partial charge in [-0.15, -0.1) is 10.2 Å². The summed E-state index contributed by atoms with van der Waals surface area (Å²) in [7, 11) is 1.83. The van der Waals surface area contributed by atoms with Gasteiger partial charge in [0.15, 0.2) is 28.6 Å². The van der Waals surface area contributed by atoms with E-state index in [2.05, 4.69) is 15.5 Å². The third kappa shape index (κ3) is 4.29. The van der Waals surface area contributed by atoms with E-state index in [0.717, 1.165) is 0 Å². The van der Waals surface area contributed by atoms with Crippen molar-refractivity contribution in [1.82, 2.24) is 14.8 Å². The molecule has 29 heavy (non-hydrogen) atoms. The van der Waals surface area contributed by atoms with E-state index in [1.54, 1.807) is 22.8 Å². The second-order valence-corrected chi connectivity index (χ2v) is 7.93. The van der Waals surface area contributed by atoms with Crippen molar-refractivity contribution in [3.63, 3.8) is 0 Å². The summed E-state index contributed by atoms with van der Waals surface area (Å²) in [5, 5.41) is 12.4. The molecule has 1 aliphatic heterocycles. The molecule has 0 radical (unpaired) electrons. The number of carbonyl (C=O) groups excluding carboxylic acids is 1. The van der Waals surface area contributed by atoms with Crippen molar-refractivity contribution in [3.8, 4) is 11.5 Å². The Kier molecular flexibility index (Phi) is 5.84. The van der Waals surface area contributed by atoms with Crippen molar-refractivity contribution >= 4 is 46.6 Å². The second-order valence-electron chi connectivity index (χ2n) is 6.20. The highest BCUT2D eigenvalue weighted by atomic mass is 35.5. The number of para-hydroxylation sites is 2. The minimum absolute atomic E-state index is 0.139. The van der Waals surface area contributed by atoms with E-state index in [4.69, 9.17) is 32.7 Å². The van der Waals surface area contributed by atoms with Crippen molar-refractivity contribution in [2.24, 2.45) is 7.05 Å². The molecule has 0 spiro atoms. The van der Waals surface area contributed by atoms with Gasteiger partial charge in [0.25, 0.3) is 0 Å². The fourth-order valence-electron chi connectivity index (χ4n) is 2.80. The molecule has 1 unspecified atom stereocenters. The number of amides is 1. The number of fused-ring (bicyclic) bond motifs is 1. The number of nitrogens with one attached hydrogen (secondary N) is 1. The summed E-state index contributed by atoms with van der Waals surface area (Å²) >= 11 is 13.3. The molecule has 1 N–H and O–H groups in total. The highest BCUT2D eigenvalue weighted by Gasteiger charge is 2.27. The number of aromatic nitrogens is 3. The number of halogens is 2. The molecule has 2 heterocycles. The highest BCUT2D eigenvalue weighted by molar-refractivity contribution is 7.99. The zero-order chi connectivity index (χ0) is 20.4. The lowest BCUT2D eigenvalue weighted by Gasteiger charge is -2.25. The first-order valence-electron chi connectivity index (χ1n) is 8.67. The number of carbonyl (C=O) groups is 1. The number of nitrogens with zero attached hydrogens (tertiary/aromatic N) is 3. The minimum atomic E-state index is -0.379. The summed E-state index contributed by atoms with van der Waals surface area (Å²) < 4.78 is 13.5. The number of anilines is 1. The maximum Gasteiger partial charge on any atom is 0.234 e. The van der Waals surface area contributed by atoms with E-state index >= 15 is 0 Å². The summed E-state index contributed by atoms with van der Waals surface area (Å²) in [6, 6.07) is 12.5. The molecule has 4 rings (SSSR count). The lowest BCUT2D eigenvalue weighted by atomic mass is 10.2. The molecule has 7 nitrogen and oxygen atoms in total. The lowest BCUT2D eigenvalue weighted by Crippen LogP contribution is -2.24. The van der Waals surface area contributed by atoms with Crippen LogP contribution in [-0.2, 0) is 11.8 Å². The van der Waals surface area contributed by atoms with E-state index in [1.807, 2.05) is 31.3 Å². The van der Waals surface area contributed by atoms with Gasteiger partial charge >= 0.3 is 0 Å². The number of hydrogen-bond acceptors (Lipinski definition) is 6. The first-order valence-corrected chi connectivity index (χ1v) is 10.4. The van der Waals surface area contributed by atoms with Crippen molar-refractivity contribution in [3.05, 3.63) is 58.3 Å². The van der Waals surface area contributed by atoms with Gasteiger partial charge in [-0.2, -0.15) is 0 Å². The average Bonchev–Trinajstić information content (AvgIpc) is 3.10. The van der Waals surface area contributed by atoms with E-state index in [9.17, 15) is 4.79 Å². The Morgan fingerprint density at radius 3 is 2.83 bits per heavy atom. The molecule has 150 valence electrons. The minimum Gasteiger partial charge on any atom is -0.485 e. The van der Waals surface area contributed by atoms with Gasteiger partial charge in [-0.3, -0.25) is 4.79 Å². The van der Waals surface area contributed by atoms with Crippen LogP contribution in [0.25, 0.3) is 0 Å². The van der Waals surface area contributed by atoms with Crippen LogP contribution in [0.15, 0.2) is 47.6 Å². The van der Waals surface area contributed by atoms with Crippen LogP contribution in [0.3, 0.4) is 0 Å². The monoisotopic (exact) mass is 450 g/mol. The maximum atomic E-state index is 12.3. The van der Waals surface area contributed by atoms with E-state index < -0.39 is 0 Å². The van der Waals surface area contributed by atoms with Crippen LogP contribution in [0.5, 0.6) is 11.5 Å².